The monoisotopic (exact) mass is 346 g/mol. The van der Waals surface area contributed by atoms with Crippen molar-refractivity contribution >= 4 is 11.8 Å². The molecular formula is C15H13F3O4S. The molecule has 1 aromatic carbocycles. The van der Waals surface area contributed by atoms with E-state index in [1.807, 2.05) is 0 Å². The Balaban J connectivity index is 2.26. The molecule has 0 unspecified atom stereocenters. The van der Waals surface area contributed by atoms with Crippen molar-refractivity contribution in [3.8, 4) is 11.5 Å². The summed E-state index contributed by atoms with van der Waals surface area (Å²) in [4.78, 5) is 11.0. The highest BCUT2D eigenvalue weighted by Crippen LogP contribution is 2.40. The molecule has 8 heteroatoms. The summed E-state index contributed by atoms with van der Waals surface area (Å²) in [7, 11) is 1.50. The Morgan fingerprint density at radius 1 is 1.26 bits per heavy atom. The van der Waals surface area contributed by atoms with Crippen LogP contribution in [-0.2, 0) is 6.61 Å². The summed E-state index contributed by atoms with van der Waals surface area (Å²) >= 11 is -0.550. The van der Waals surface area contributed by atoms with Crippen LogP contribution in [0.4, 0.5) is 13.2 Å². The van der Waals surface area contributed by atoms with E-state index in [4.69, 9.17) is 13.9 Å². The summed E-state index contributed by atoms with van der Waals surface area (Å²) < 4.78 is 52.9. The van der Waals surface area contributed by atoms with Crippen LogP contribution in [0.1, 0.15) is 11.3 Å². The highest BCUT2D eigenvalue weighted by atomic mass is 32.2. The van der Waals surface area contributed by atoms with Crippen LogP contribution >= 0.6 is 11.8 Å². The van der Waals surface area contributed by atoms with Crippen LogP contribution in [-0.4, -0.2) is 12.6 Å². The first kappa shape index (κ1) is 17.3. The minimum absolute atomic E-state index is 0.00842. The normalized spacial score (nSPS) is 11.3. The van der Waals surface area contributed by atoms with Crippen molar-refractivity contribution in [2.45, 2.75) is 23.9 Å². The number of benzene rings is 1. The molecule has 0 fully saturated rings. The van der Waals surface area contributed by atoms with E-state index >= 15 is 0 Å². The van der Waals surface area contributed by atoms with Crippen LogP contribution in [0.3, 0.4) is 0 Å². The zero-order valence-electron chi connectivity index (χ0n) is 12.3. The lowest BCUT2D eigenvalue weighted by atomic mass is 10.2. The van der Waals surface area contributed by atoms with Crippen molar-refractivity contribution in [2.24, 2.45) is 0 Å². The fraction of sp³-hybridized carbons (Fsp3) is 0.267. The number of alkyl halides is 3. The van der Waals surface area contributed by atoms with E-state index in [1.54, 1.807) is 24.3 Å². The Bertz CT molecular complexity index is 740. The maximum absolute atomic E-state index is 12.6. The summed E-state index contributed by atoms with van der Waals surface area (Å²) in [5.41, 5.74) is -5.00. The average Bonchev–Trinajstić information content (AvgIpc) is 2.47. The van der Waals surface area contributed by atoms with Crippen LogP contribution in [0.5, 0.6) is 11.5 Å². The third-order valence-corrected chi connectivity index (χ3v) is 3.55. The minimum Gasteiger partial charge on any atom is -0.497 e. The molecular weight excluding hydrogens is 333 g/mol. The van der Waals surface area contributed by atoms with Gasteiger partial charge >= 0.3 is 11.1 Å². The second-order valence-corrected chi connectivity index (χ2v) is 5.60. The van der Waals surface area contributed by atoms with Gasteiger partial charge in [0.25, 0.3) is 0 Å². The lowest BCUT2D eigenvalue weighted by molar-refractivity contribution is -0.0330. The SMILES string of the molecule is COc1cccc(COc2cc(C)oc(=O)c2SC(F)(F)F)c1. The second kappa shape index (κ2) is 6.99. The number of hydrogen-bond donors (Lipinski definition) is 0. The molecule has 2 aromatic rings. The quantitative estimate of drug-likeness (QED) is 0.761. The lowest BCUT2D eigenvalue weighted by Gasteiger charge is -2.12. The Kier molecular flexibility index (Phi) is 5.25. The van der Waals surface area contributed by atoms with E-state index < -0.39 is 27.8 Å². The van der Waals surface area contributed by atoms with E-state index in [0.717, 1.165) is 0 Å². The van der Waals surface area contributed by atoms with E-state index in [2.05, 4.69) is 0 Å². The van der Waals surface area contributed by atoms with Gasteiger partial charge in [0.15, 0.2) is 0 Å². The van der Waals surface area contributed by atoms with Gasteiger partial charge < -0.3 is 13.9 Å². The van der Waals surface area contributed by atoms with E-state index in [1.165, 1.54) is 20.1 Å². The Labute approximate surface area is 134 Å². The Morgan fingerprint density at radius 2 is 2.00 bits per heavy atom. The molecule has 0 spiro atoms. The summed E-state index contributed by atoms with van der Waals surface area (Å²) in [6, 6.07) is 8.14. The van der Waals surface area contributed by atoms with Crippen LogP contribution in [0.25, 0.3) is 0 Å². The Morgan fingerprint density at radius 3 is 2.65 bits per heavy atom. The van der Waals surface area contributed by atoms with Crippen LogP contribution in [0.15, 0.2) is 44.4 Å². The smallest absolute Gasteiger partial charge is 0.446 e. The van der Waals surface area contributed by atoms with Crippen molar-refractivity contribution in [1.29, 1.82) is 0 Å². The number of thioether (sulfide) groups is 1. The fourth-order valence-corrected chi connectivity index (χ4v) is 2.39. The van der Waals surface area contributed by atoms with E-state index in [9.17, 15) is 18.0 Å². The molecule has 0 atom stereocenters. The molecule has 4 nitrogen and oxygen atoms in total. The van der Waals surface area contributed by atoms with Gasteiger partial charge in [-0.25, -0.2) is 4.79 Å². The number of hydrogen-bond acceptors (Lipinski definition) is 5. The second-order valence-electron chi connectivity index (χ2n) is 4.53. The van der Waals surface area contributed by atoms with Crippen LogP contribution in [0, 0.1) is 6.92 Å². The molecule has 0 radical (unpaired) electrons. The number of methoxy groups -OCH3 is 1. The van der Waals surface area contributed by atoms with Crippen LogP contribution < -0.4 is 15.1 Å². The van der Waals surface area contributed by atoms with Gasteiger partial charge in [-0.05, 0) is 36.4 Å². The largest absolute Gasteiger partial charge is 0.497 e. The fourth-order valence-electron chi connectivity index (χ4n) is 1.81. The number of rotatable bonds is 5. The maximum atomic E-state index is 12.6. The molecule has 2 rings (SSSR count). The molecule has 0 aliphatic carbocycles. The molecule has 0 bridgehead atoms. The third kappa shape index (κ3) is 4.95. The third-order valence-electron chi connectivity index (χ3n) is 2.74. The first-order chi connectivity index (χ1) is 10.8. The topological polar surface area (TPSA) is 48.7 Å². The van der Waals surface area contributed by atoms with Gasteiger partial charge in [0.2, 0.25) is 0 Å². The van der Waals surface area contributed by atoms with Crippen molar-refractivity contribution in [2.75, 3.05) is 7.11 Å². The minimum atomic E-state index is -4.61. The lowest BCUT2D eigenvalue weighted by Crippen LogP contribution is -2.11. The first-order valence-electron chi connectivity index (χ1n) is 6.45. The molecule has 124 valence electrons. The van der Waals surface area contributed by atoms with Gasteiger partial charge in [-0.3, -0.25) is 0 Å². The predicted molar refractivity (Wildman–Crippen MR) is 79.0 cm³/mol. The highest BCUT2D eigenvalue weighted by Gasteiger charge is 2.33. The Hall–Kier alpha value is -2.09. The molecule has 0 aliphatic heterocycles. The molecule has 0 amide bonds. The van der Waals surface area contributed by atoms with Gasteiger partial charge in [0, 0.05) is 6.07 Å². The van der Waals surface area contributed by atoms with Crippen molar-refractivity contribution < 1.29 is 27.1 Å². The molecule has 1 heterocycles. The van der Waals surface area contributed by atoms with E-state index in [-0.39, 0.29) is 18.1 Å². The number of halogens is 3. The molecule has 0 N–H and O–H groups in total. The zero-order chi connectivity index (χ0) is 17.0. The highest BCUT2D eigenvalue weighted by molar-refractivity contribution is 8.00. The van der Waals surface area contributed by atoms with E-state index in [0.29, 0.717) is 11.3 Å². The average molecular weight is 346 g/mol. The maximum Gasteiger partial charge on any atom is 0.446 e. The predicted octanol–water partition coefficient (Wildman–Crippen LogP) is 4.15. The zero-order valence-corrected chi connectivity index (χ0v) is 13.1. The van der Waals surface area contributed by atoms with Gasteiger partial charge in [-0.15, -0.1) is 0 Å². The molecule has 23 heavy (non-hydrogen) atoms. The van der Waals surface area contributed by atoms with Gasteiger partial charge in [-0.2, -0.15) is 13.2 Å². The number of aryl methyl sites for hydroxylation is 1. The molecule has 0 saturated heterocycles. The first-order valence-corrected chi connectivity index (χ1v) is 7.26. The summed E-state index contributed by atoms with van der Waals surface area (Å²) in [6.07, 6.45) is 0. The van der Waals surface area contributed by atoms with Gasteiger partial charge in [0.1, 0.15) is 28.8 Å². The van der Waals surface area contributed by atoms with Crippen LogP contribution in [0.2, 0.25) is 0 Å². The summed E-state index contributed by atoms with van der Waals surface area (Å²) in [5, 5.41) is 0. The molecule has 0 saturated carbocycles. The molecule has 0 aliphatic rings. The number of ether oxygens (including phenoxy) is 2. The standard InChI is InChI=1S/C15H13F3O4S/c1-9-6-12(13(14(19)22-9)23-15(16,17)18)21-8-10-4-3-5-11(7-10)20-2/h3-7H,8H2,1-2H3. The van der Waals surface area contributed by atoms with Gasteiger partial charge in [0.05, 0.1) is 7.11 Å². The molecule has 1 aromatic heterocycles. The summed E-state index contributed by atoms with van der Waals surface area (Å²) in [6.45, 7) is 1.45. The van der Waals surface area contributed by atoms with Crippen molar-refractivity contribution in [3.63, 3.8) is 0 Å². The van der Waals surface area contributed by atoms with Gasteiger partial charge in [-0.1, -0.05) is 12.1 Å². The van der Waals surface area contributed by atoms with Crippen molar-refractivity contribution in [3.05, 3.63) is 52.1 Å². The summed E-state index contributed by atoms with van der Waals surface area (Å²) in [5.74, 6) is 0.603. The van der Waals surface area contributed by atoms with Crippen molar-refractivity contribution in [1.82, 2.24) is 0 Å².